The number of carbonyl (C=O) groups is 2. The molecule has 0 bridgehead atoms. The van der Waals surface area contributed by atoms with E-state index in [-0.39, 0.29) is 30.9 Å². The molecule has 2 saturated heterocycles. The monoisotopic (exact) mass is 581 g/mol. The van der Waals surface area contributed by atoms with Crippen LogP contribution < -0.4 is 20.7 Å². The molecule has 4 N–H and O–H groups in total. The van der Waals surface area contributed by atoms with E-state index in [0.29, 0.717) is 48.9 Å². The van der Waals surface area contributed by atoms with Crippen molar-refractivity contribution < 1.29 is 23.8 Å². The van der Waals surface area contributed by atoms with Crippen LogP contribution in [0.3, 0.4) is 0 Å². The number of benzene rings is 2. The fraction of sp³-hybridized carbons (Fsp3) is 0.562. The average Bonchev–Trinajstić information content (AvgIpc) is 3.53. The second kappa shape index (κ2) is 13.9. The van der Waals surface area contributed by atoms with Crippen molar-refractivity contribution in [2.75, 3.05) is 57.8 Å². The smallest absolute Gasteiger partial charge is 0.253 e. The van der Waals surface area contributed by atoms with Crippen LogP contribution in [-0.4, -0.2) is 85.7 Å². The minimum absolute atomic E-state index is 0.0247. The lowest BCUT2D eigenvalue weighted by Gasteiger charge is -2.37. The van der Waals surface area contributed by atoms with Crippen molar-refractivity contribution >= 4 is 17.5 Å². The quantitative estimate of drug-likeness (QED) is 0.417. The van der Waals surface area contributed by atoms with Gasteiger partial charge in [-0.3, -0.25) is 14.5 Å². The Labute approximate surface area is 247 Å². The highest BCUT2D eigenvalue weighted by molar-refractivity contribution is 5.95. The van der Waals surface area contributed by atoms with E-state index in [4.69, 9.17) is 10.5 Å². The average molecular weight is 582 g/mol. The van der Waals surface area contributed by atoms with E-state index in [0.717, 1.165) is 43.7 Å². The van der Waals surface area contributed by atoms with E-state index in [1.165, 1.54) is 36.3 Å². The molecule has 10 heteroatoms. The molecule has 2 amide bonds. The minimum Gasteiger partial charge on any atom is -0.489 e. The van der Waals surface area contributed by atoms with Crippen LogP contribution in [0.25, 0.3) is 0 Å². The van der Waals surface area contributed by atoms with E-state index >= 15 is 0 Å². The van der Waals surface area contributed by atoms with Crippen LogP contribution in [0.5, 0.6) is 5.75 Å². The first-order valence-corrected chi connectivity index (χ1v) is 15.3. The van der Waals surface area contributed by atoms with Gasteiger partial charge in [-0.05, 0) is 73.7 Å². The zero-order valence-corrected chi connectivity index (χ0v) is 24.6. The van der Waals surface area contributed by atoms with E-state index < -0.39 is 12.0 Å². The van der Waals surface area contributed by atoms with Gasteiger partial charge in [0.15, 0.2) is 0 Å². The third-order valence-electron chi connectivity index (χ3n) is 8.88. The number of anilines is 1. The van der Waals surface area contributed by atoms with Crippen LogP contribution in [0.2, 0.25) is 0 Å². The number of amides is 2. The zero-order chi connectivity index (χ0) is 29.6. The summed E-state index contributed by atoms with van der Waals surface area (Å²) in [6, 6.07) is 10.1. The number of carbonyl (C=O) groups excluding carboxylic acids is 2. The van der Waals surface area contributed by atoms with Gasteiger partial charge in [0.2, 0.25) is 5.91 Å². The summed E-state index contributed by atoms with van der Waals surface area (Å²) in [7, 11) is 1.57. The van der Waals surface area contributed by atoms with Crippen LogP contribution >= 0.6 is 0 Å². The van der Waals surface area contributed by atoms with Crippen LogP contribution in [0, 0.1) is 5.82 Å². The van der Waals surface area contributed by atoms with Crippen molar-refractivity contribution in [1.82, 2.24) is 15.1 Å². The van der Waals surface area contributed by atoms with Gasteiger partial charge in [-0.25, -0.2) is 4.39 Å². The number of nitrogens with two attached hydrogens (primary N) is 1. The van der Waals surface area contributed by atoms with Crippen molar-refractivity contribution in [2.45, 2.75) is 63.2 Å². The standard InChI is InChI=1S/C32H44FN5O4/c1-36(30(39)9-11-34)26-18-24(17-25(33)20-26)32(41)38-15-13-37(14-16-38)31(40)23-7-8-29(42-27-10-12-35-21-27)28(19-23)22-5-3-2-4-6-22/h7-8,17-20,22,27,32,35,41H,2-6,9-16,21,34H2,1H3/t27-,32?/m0/s1. The van der Waals surface area contributed by atoms with Gasteiger partial charge < -0.3 is 30.7 Å². The van der Waals surface area contributed by atoms with E-state index in [1.807, 2.05) is 28.0 Å². The van der Waals surface area contributed by atoms with Crippen LogP contribution in [0.4, 0.5) is 10.1 Å². The first-order chi connectivity index (χ1) is 20.3. The maximum Gasteiger partial charge on any atom is 0.253 e. The first-order valence-electron chi connectivity index (χ1n) is 15.3. The second-order valence-corrected chi connectivity index (χ2v) is 11.8. The first kappa shape index (κ1) is 30.4. The molecule has 9 nitrogen and oxygen atoms in total. The lowest BCUT2D eigenvalue weighted by atomic mass is 9.83. The lowest BCUT2D eigenvalue weighted by molar-refractivity contribution is -0.118. The number of aliphatic hydroxyl groups is 1. The third-order valence-corrected chi connectivity index (χ3v) is 8.88. The van der Waals surface area contributed by atoms with E-state index in [2.05, 4.69) is 5.32 Å². The molecule has 2 heterocycles. The Morgan fingerprint density at radius 1 is 1.10 bits per heavy atom. The highest BCUT2D eigenvalue weighted by Crippen LogP contribution is 2.39. The van der Waals surface area contributed by atoms with Gasteiger partial charge in [0, 0.05) is 69.6 Å². The van der Waals surface area contributed by atoms with Crippen molar-refractivity contribution in [3.05, 3.63) is 58.9 Å². The van der Waals surface area contributed by atoms with Crippen LogP contribution in [0.1, 0.15) is 78.6 Å². The molecule has 5 rings (SSSR count). The van der Waals surface area contributed by atoms with E-state index in [9.17, 15) is 19.1 Å². The second-order valence-electron chi connectivity index (χ2n) is 11.8. The lowest BCUT2D eigenvalue weighted by Crippen LogP contribution is -2.49. The van der Waals surface area contributed by atoms with Gasteiger partial charge in [-0.1, -0.05) is 19.3 Å². The summed E-state index contributed by atoms with van der Waals surface area (Å²) in [5.74, 6) is 0.530. The number of ether oxygens (including phenoxy) is 1. The number of halogens is 1. The Hall–Kier alpha value is -3.05. The maximum absolute atomic E-state index is 14.5. The molecule has 0 radical (unpaired) electrons. The molecule has 1 unspecified atom stereocenters. The number of aliphatic hydroxyl groups excluding tert-OH is 1. The predicted octanol–water partition coefficient (Wildman–Crippen LogP) is 3.37. The predicted molar refractivity (Wildman–Crippen MR) is 160 cm³/mol. The number of nitrogens with one attached hydrogen (secondary N) is 1. The summed E-state index contributed by atoms with van der Waals surface area (Å²) in [4.78, 5) is 30.9. The molecule has 228 valence electrons. The zero-order valence-electron chi connectivity index (χ0n) is 24.6. The Morgan fingerprint density at radius 2 is 1.86 bits per heavy atom. The normalized spacial score (nSPS) is 20.9. The minimum atomic E-state index is -1.06. The molecule has 3 fully saturated rings. The maximum atomic E-state index is 14.5. The van der Waals surface area contributed by atoms with Crippen molar-refractivity contribution in [2.24, 2.45) is 5.73 Å². The molecule has 0 spiro atoms. The summed E-state index contributed by atoms with van der Waals surface area (Å²) in [6.07, 6.45) is 6.13. The molecule has 2 atom stereocenters. The van der Waals surface area contributed by atoms with E-state index in [1.54, 1.807) is 13.1 Å². The summed E-state index contributed by atoms with van der Waals surface area (Å²) >= 11 is 0. The highest BCUT2D eigenvalue weighted by Gasteiger charge is 2.29. The summed E-state index contributed by atoms with van der Waals surface area (Å²) in [5.41, 5.74) is 8.04. The van der Waals surface area contributed by atoms with Gasteiger partial charge in [0.1, 0.15) is 23.9 Å². The summed E-state index contributed by atoms with van der Waals surface area (Å²) in [5, 5.41) is 14.5. The molecule has 2 aromatic carbocycles. The van der Waals surface area contributed by atoms with Crippen LogP contribution in [-0.2, 0) is 4.79 Å². The SMILES string of the molecule is CN(C(=O)CCN)c1cc(F)cc(C(O)N2CCN(C(=O)c3ccc(O[C@H]4CCNC4)c(C4CCCCC4)c3)CC2)c1. The molecule has 1 saturated carbocycles. The Bertz CT molecular complexity index is 1240. The molecular weight excluding hydrogens is 537 g/mol. The van der Waals surface area contributed by atoms with Crippen molar-refractivity contribution in [1.29, 1.82) is 0 Å². The Kier molecular flexibility index (Phi) is 10.1. The Morgan fingerprint density at radius 3 is 2.55 bits per heavy atom. The van der Waals surface area contributed by atoms with Crippen molar-refractivity contribution in [3.8, 4) is 5.75 Å². The number of piperazine rings is 1. The van der Waals surface area contributed by atoms with Gasteiger partial charge >= 0.3 is 0 Å². The van der Waals surface area contributed by atoms with Gasteiger partial charge in [0.05, 0.1) is 0 Å². The molecular formula is C32H44FN5O4. The van der Waals surface area contributed by atoms with Gasteiger partial charge in [-0.15, -0.1) is 0 Å². The topological polar surface area (TPSA) is 111 Å². The molecule has 1 aliphatic carbocycles. The number of hydrogen-bond acceptors (Lipinski definition) is 7. The fourth-order valence-corrected chi connectivity index (χ4v) is 6.37. The van der Waals surface area contributed by atoms with Gasteiger partial charge in [-0.2, -0.15) is 0 Å². The summed E-state index contributed by atoms with van der Waals surface area (Å²) < 4.78 is 20.9. The molecule has 0 aromatic heterocycles. The Balaban J connectivity index is 1.25. The van der Waals surface area contributed by atoms with Crippen LogP contribution in [0.15, 0.2) is 36.4 Å². The number of rotatable bonds is 9. The number of nitrogens with zero attached hydrogens (tertiary/aromatic N) is 3. The van der Waals surface area contributed by atoms with Crippen molar-refractivity contribution in [3.63, 3.8) is 0 Å². The third kappa shape index (κ3) is 7.11. The highest BCUT2D eigenvalue weighted by atomic mass is 19.1. The fourth-order valence-electron chi connectivity index (χ4n) is 6.37. The molecule has 2 aliphatic heterocycles. The molecule has 42 heavy (non-hydrogen) atoms. The number of hydrogen-bond donors (Lipinski definition) is 3. The molecule has 3 aliphatic rings. The molecule has 2 aromatic rings. The summed E-state index contributed by atoms with van der Waals surface area (Å²) in [6.45, 7) is 3.77. The van der Waals surface area contributed by atoms with Gasteiger partial charge in [0.25, 0.3) is 5.91 Å². The largest absolute Gasteiger partial charge is 0.489 e.